The average Bonchev–Trinajstić information content (AvgIpc) is 3.06. The Kier molecular flexibility index (Phi) is 7.04. The Labute approximate surface area is 214 Å². The molecule has 6 heteroatoms. The number of hydrogen-bond acceptors (Lipinski definition) is 6. The van der Waals surface area contributed by atoms with Crippen LogP contribution in [0.5, 0.6) is 0 Å². The first kappa shape index (κ1) is 27.0. The maximum absolute atomic E-state index is 12.1. The van der Waals surface area contributed by atoms with Gasteiger partial charge in [0.2, 0.25) is 0 Å². The summed E-state index contributed by atoms with van der Waals surface area (Å²) in [6.07, 6.45) is 11.0. The molecule has 8 atom stereocenters. The van der Waals surface area contributed by atoms with Gasteiger partial charge in [-0.3, -0.25) is 9.59 Å². The fourth-order valence-electron chi connectivity index (χ4n) is 7.32. The summed E-state index contributed by atoms with van der Waals surface area (Å²) in [5.41, 5.74) is 1.25. The van der Waals surface area contributed by atoms with Crippen LogP contribution in [0.2, 0.25) is 0 Å². The van der Waals surface area contributed by atoms with Crippen LogP contribution in [0.1, 0.15) is 67.2 Å². The van der Waals surface area contributed by atoms with Crippen molar-refractivity contribution in [3.63, 3.8) is 0 Å². The first-order valence-corrected chi connectivity index (χ1v) is 13.3. The quantitative estimate of drug-likeness (QED) is 0.377. The van der Waals surface area contributed by atoms with Crippen molar-refractivity contribution in [2.75, 3.05) is 6.61 Å². The van der Waals surface area contributed by atoms with Crippen molar-refractivity contribution in [3.05, 3.63) is 47.1 Å². The number of esters is 1. The molecule has 1 fully saturated rings. The summed E-state index contributed by atoms with van der Waals surface area (Å²) in [5.74, 6) is -0.511. The molecule has 4 rings (SSSR count). The molecule has 0 unspecified atom stereocenters. The molecular formula is C30H42O6. The zero-order chi connectivity index (χ0) is 26.6. The number of hydrogen-bond donors (Lipinski definition) is 3. The van der Waals surface area contributed by atoms with Crippen molar-refractivity contribution in [2.45, 2.75) is 85.0 Å². The van der Waals surface area contributed by atoms with Gasteiger partial charge in [0.05, 0.1) is 17.8 Å². The van der Waals surface area contributed by atoms with E-state index in [9.17, 15) is 24.9 Å². The van der Waals surface area contributed by atoms with Gasteiger partial charge in [0.25, 0.3) is 0 Å². The lowest BCUT2D eigenvalue weighted by atomic mass is 9.52. The van der Waals surface area contributed by atoms with Gasteiger partial charge in [0.1, 0.15) is 6.61 Å². The molecule has 198 valence electrons. The molecule has 0 aromatic heterocycles. The van der Waals surface area contributed by atoms with E-state index < -0.39 is 23.2 Å². The molecule has 1 saturated carbocycles. The number of carbonyl (C=O) groups excluding carboxylic acids is 2. The second-order valence-electron chi connectivity index (χ2n) is 12.4. The summed E-state index contributed by atoms with van der Waals surface area (Å²) >= 11 is 0. The maximum atomic E-state index is 12.1. The van der Waals surface area contributed by atoms with Crippen LogP contribution in [0.25, 0.3) is 0 Å². The third-order valence-corrected chi connectivity index (χ3v) is 9.73. The predicted octanol–water partition coefficient (Wildman–Crippen LogP) is 4.06. The molecule has 0 spiro atoms. The smallest absolute Gasteiger partial charge is 0.302 e. The number of rotatable bonds is 6. The van der Waals surface area contributed by atoms with E-state index in [-0.39, 0.29) is 47.4 Å². The van der Waals surface area contributed by atoms with Crippen molar-refractivity contribution >= 4 is 11.8 Å². The molecule has 0 aliphatic heterocycles. The number of ether oxygens (including phenoxy) is 1. The Balaban J connectivity index is 1.67. The summed E-state index contributed by atoms with van der Waals surface area (Å²) in [7, 11) is 0. The molecule has 36 heavy (non-hydrogen) atoms. The minimum absolute atomic E-state index is 0.00413. The van der Waals surface area contributed by atoms with E-state index in [0.29, 0.717) is 19.3 Å². The molecule has 0 amide bonds. The fraction of sp³-hybridized carbons (Fsp3) is 0.667. The van der Waals surface area contributed by atoms with Gasteiger partial charge in [0.15, 0.2) is 5.78 Å². The zero-order valence-electron chi connectivity index (χ0n) is 22.5. The van der Waals surface area contributed by atoms with E-state index in [1.807, 2.05) is 18.2 Å². The third kappa shape index (κ3) is 4.46. The van der Waals surface area contributed by atoms with Crippen LogP contribution >= 0.6 is 0 Å². The molecule has 4 aliphatic carbocycles. The minimum Gasteiger partial charge on any atom is -0.465 e. The lowest BCUT2D eigenvalue weighted by Crippen LogP contribution is -2.49. The lowest BCUT2D eigenvalue weighted by molar-refractivity contribution is -0.143. The molecule has 0 aromatic carbocycles. The summed E-state index contributed by atoms with van der Waals surface area (Å²) < 4.78 is 5.18. The highest BCUT2D eigenvalue weighted by atomic mass is 16.5. The molecule has 0 radical (unpaired) electrons. The van der Waals surface area contributed by atoms with Crippen molar-refractivity contribution in [3.8, 4) is 0 Å². The highest BCUT2D eigenvalue weighted by molar-refractivity contribution is 5.92. The summed E-state index contributed by atoms with van der Waals surface area (Å²) in [4.78, 5) is 23.4. The SMILES string of the molecule is CC(=O)OC[C@@H](C=C[C@@H](C)[C@H]1C[C@H](O)C2=C3C=CC4=CC(=O)CC[C@]4(C)[C@H]3C[C@@H](O)[C@@]21C)C(C)(C)O. The number of carbonyl (C=O) groups is 2. The van der Waals surface area contributed by atoms with Crippen LogP contribution in [0.4, 0.5) is 0 Å². The Morgan fingerprint density at radius 2 is 1.92 bits per heavy atom. The Bertz CT molecular complexity index is 1040. The molecule has 0 heterocycles. The second-order valence-corrected chi connectivity index (χ2v) is 12.4. The van der Waals surface area contributed by atoms with Crippen LogP contribution in [-0.2, 0) is 14.3 Å². The van der Waals surface area contributed by atoms with E-state index >= 15 is 0 Å². The van der Waals surface area contributed by atoms with Gasteiger partial charge in [-0.05, 0) is 79.1 Å². The van der Waals surface area contributed by atoms with E-state index in [1.165, 1.54) is 6.92 Å². The summed E-state index contributed by atoms with van der Waals surface area (Å²) in [5, 5.41) is 33.6. The van der Waals surface area contributed by atoms with Gasteiger partial charge in [-0.1, -0.05) is 45.1 Å². The number of aliphatic hydroxyl groups excluding tert-OH is 2. The van der Waals surface area contributed by atoms with E-state index in [4.69, 9.17) is 4.74 Å². The zero-order valence-corrected chi connectivity index (χ0v) is 22.5. The first-order chi connectivity index (χ1) is 16.7. The highest BCUT2D eigenvalue weighted by Gasteiger charge is 2.59. The second kappa shape index (κ2) is 9.38. The number of fused-ring (bicyclic) bond motifs is 4. The lowest BCUT2D eigenvalue weighted by Gasteiger charge is -2.53. The largest absolute Gasteiger partial charge is 0.465 e. The van der Waals surface area contributed by atoms with Crippen molar-refractivity contribution in [1.29, 1.82) is 0 Å². The minimum atomic E-state index is -1.07. The van der Waals surface area contributed by atoms with E-state index in [2.05, 4.69) is 26.8 Å². The Morgan fingerprint density at radius 1 is 1.22 bits per heavy atom. The van der Waals surface area contributed by atoms with Crippen molar-refractivity contribution < 1.29 is 29.6 Å². The van der Waals surface area contributed by atoms with Crippen LogP contribution in [-0.4, -0.2) is 51.5 Å². The summed E-state index contributed by atoms with van der Waals surface area (Å²) in [6, 6.07) is 0. The van der Waals surface area contributed by atoms with Gasteiger partial charge in [0, 0.05) is 24.7 Å². The molecule has 6 nitrogen and oxygen atoms in total. The molecule has 0 bridgehead atoms. The fourth-order valence-corrected chi connectivity index (χ4v) is 7.32. The Morgan fingerprint density at radius 3 is 2.56 bits per heavy atom. The monoisotopic (exact) mass is 498 g/mol. The van der Waals surface area contributed by atoms with Gasteiger partial charge >= 0.3 is 5.97 Å². The normalized spacial score (nSPS) is 37.8. The number of ketones is 1. The number of aliphatic hydroxyl groups is 3. The van der Waals surface area contributed by atoms with Gasteiger partial charge in [-0.2, -0.15) is 0 Å². The van der Waals surface area contributed by atoms with Gasteiger partial charge < -0.3 is 20.1 Å². The van der Waals surface area contributed by atoms with Crippen molar-refractivity contribution in [1.82, 2.24) is 0 Å². The van der Waals surface area contributed by atoms with Crippen LogP contribution in [0.3, 0.4) is 0 Å². The first-order valence-electron chi connectivity index (χ1n) is 13.3. The Hall–Kier alpha value is -2.02. The molecule has 4 aliphatic rings. The van der Waals surface area contributed by atoms with Gasteiger partial charge in [-0.15, -0.1) is 0 Å². The van der Waals surface area contributed by atoms with E-state index in [1.54, 1.807) is 19.9 Å². The van der Waals surface area contributed by atoms with Crippen LogP contribution < -0.4 is 0 Å². The predicted molar refractivity (Wildman–Crippen MR) is 138 cm³/mol. The summed E-state index contributed by atoms with van der Waals surface area (Å²) in [6.45, 7) is 11.2. The number of allylic oxidation sites excluding steroid dienone is 6. The standard InChI is InChI=1S/C30H42O6/c1-17(7-8-20(28(3,4)35)16-36-18(2)31)23-14-25(33)27-22-10-9-19-13-21(32)11-12-29(19,5)24(22)15-26(34)30(23,27)6/h7-10,13,17,20,23-26,33-35H,11-12,14-16H2,1-6H3/t17-,20-,23-,24+,25+,26-,29+,30+/m1/s1. The third-order valence-electron chi connectivity index (χ3n) is 9.73. The van der Waals surface area contributed by atoms with Crippen LogP contribution in [0, 0.1) is 34.5 Å². The maximum Gasteiger partial charge on any atom is 0.302 e. The van der Waals surface area contributed by atoms with Gasteiger partial charge in [-0.25, -0.2) is 0 Å². The van der Waals surface area contributed by atoms with Crippen molar-refractivity contribution in [2.24, 2.45) is 34.5 Å². The highest BCUT2D eigenvalue weighted by Crippen LogP contribution is 2.63. The topological polar surface area (TPSA) is 104 Å². The molecule has 3 N–H and O–H groups in total. The molecule has 0 aromatic rings. The molecule has 0 saturated heterocycles. The molecular weight excluding hydrogens is 456 g/mol. The average molecular weight is 499 g/mol. The van der Waals surface area contributed by atoms with E-state index in [0.717, 1.165) is 23.1 Å². The van der Waals surface area contributed by atoms with Crippen LogP contribution in [0.15, 0.2) is 47.1 Å².